The Kier molecular flexibility index (Phi) is 7.23. The summed E-state index contributed by atoms with van der Waals surface area (Å²) in [4.78, 5) is 48.1. The van der Waals surface area contributed by atoms with Gasteiger partial charge in [0.15, 0.2) is 6.10 Å². The molecule has 0 fully saturated rings. The quantitative estimate of drug-likeness (QED) is 0.404. The molecule has 0 saturated heterocycles. The van der Waals surface area contributed by atoms with E-state index < -0.39 is 42.4 Å². The first kappa shape index (κ1) is 24.7. The van der Waals surface area contributed by atoms with Crippen LogP contribution < -0.4 is 4.74 Å². The van der Waals surface area contributed by atoms with Crippen molar-refractivity contribution in [1.82, 2.24) is 4.57 Å². The van der Waals surface area contributed by atoms with Gasteiger partial charge in [0.25, 0.3) is 5.91 Å². The molecule has 0 radical (unpaired) electrons. The molecule has 2 atom stereocenters. The molecule has 0 amide bonds. The molecule has 3 N–H and O–H groups in total. The van der Waals surface area contributed by atoms with Gasteiger partial charge in [-0.2, -0.15) is 0 Å². The number of ether oxygens (including phenoxy) is 2. The number of aliphatic hydroxyl groups excluding tert-OH is 1. The van der Waals surface area contributed by atoms with Crippen LogP contribution in [0.5, 0.6) is 5.75 Å². The van der Waals surface area contributed by atoms with Crippen LogP contribution in [-0.4, -0.2) is 63.0 Å². The highest BCUT2D eigenvalue weighted by atomic mass is 35.5. The van der Waals surface area contributed by atoms with Crippen LogP contribution in [0.25, 0.3) is 10.9 Å². The Morgan fingerprint density at radius 2 is 1.68 bits per heavy atom. The Labute approximate surface area is 197 Å². The second-order valence-corrected chi connectivity index (χ2v) is 7.74. The number of benzene rings is 2. The lowest BCUT2D eigenvalue weighted by Gasteiger charge is -2.16. The Bertz CT molecular complexity index is 1280. The predicted molar refractivity (Wildman–Crippen MR) is 119 cm³/mol. The van der Waals surface area contributed by atoms with Crippen LogP contribution in [0.1, 0.15) is 21.6 Å². The van der Waals surface area contributed by atoms with Crippen molar-refractivity contribution in [3.63, 3.8) is 0 Å². The summed E-state index contributed by atoms with van der Waals surface area (Å²) in [5.41, 5.74) is 1.52. The van der Waals surface area contributed by atoms with Crippen LogP contribution in [0, 0.1) is 6.92 Å². The summed E-state index contributed by atoms with van der Waals surface area (Å²) >= 11 is 5.91. The lowest BCUT2D eigenvalue weighted by Crippen LogP contribution is -2.43. The molecule has 10 nitrogen and oxygen atoms in total. The van der Waals surface area contributed by atoms with Crippen molar-refractivity contribution < 1.29 is 44.0 Å². The molecule has 2 aromatic carbocycles. The Morgan fingerprint density at radius 3 is 2.24 bits per heavy atom. The third-order valence-corrected chi connectivity index (χ3v) is 5.45. The smallest absolute Gasteiger partial charge is 0.348 e. The molecular formula is C23H20ClNO9. The van der Waals surface area contributed by atoms with Gasteiger partial charge in [0, 0.05) is 21.7 Å². The minimum Gasteiger partial charge on any atom is -0.497 e. The maximum Gasteiger partial charge on any atom is 0.348 e. The number of carbonyl (C=O) groups is 4. The summed E-state index contributed by atoms with van der Waals surface area (Å²) < 4.78 is 11.4. The normalized spacial score (nSPS) is 12.7. The molecule has 0 unspecified atom stereocenters. The van der Waals surface area contributed by atoms with E-state index in [2.05, 4.69) is 0 Å². The molecule has 178 valence electrons. The molecule has 0 aliphatic carbocycles. The van der Waals surface area contributed by atoms with E-state index in [1.807, 2.05) is 0 Å². The molecule has 0 saturated carbocycles. The minimum absolute atomic E-state index is 0.338. The van der Waals surface area contributed by atoms with Crippen molar-refractivity contribution in [2.45, 2.75) is 25.6 Å². The van der Waals surface area contributed by atoms with E-state index in [4.69, 9.17) is 31.3 Å². The van der Waals surface area contributed by atoms with E-state index in [-0.39, 0.29) is 0 Å². The lowest BCUT2D eigenvalue weighted by atomic mass is 10.1. The van der Waals surface area contributed by atoms with Gasteiger partial charge in [0.2, 0.25) is 6.10 Å². The number of nitrogens with zero attached hydrogens (tertiary/aromatic N) is 1. The Morgan fingerprint density at radius 1 is 1.03 bits per heavy atom. The van der Waals surface area contributed by atoms with Crippen molar-refractivity contribution in [1.29, 1.82) is 0 Å². The molecule has 3 aromatic rings. The zero-order valence-electron chi connectivity index (χ0n) is 18.0. The van der Waals surface area contributed by atoms with Crippen LogP contribution >= 0.6 is 11.6 Å². The number of aromatic nitrogens is 1. The van der Waals surface area contributed by atoms with Crippen LogP contribution in [0.15, 0.2) is 42.5 Å². The third-order valence-electron chi connectivity index (χ3n) is 5.20. The first-order valence-electron chi connectivity index (χ1n) is 9.86. The van der Waals surface area contributed by atoms with Crippen LogP contribution in [0.2, 0.25) is 5.02 Å². The first-order chi connectivity index (χ1) is 16.0. The van der Waals surface area contributed by atoms with Crippen molar-refractivity contribution in [2.24, 2.45) is 0 Å². The van der Waals surface area contributed by atoms with Gasteiger partial charge in [-0.3, -0.25) is 14.2 Å². The lowest BCUT2D eigenvalue weighted by molar-refractivity contribution is -0.178. The van der Waals surface area contributed by atoms with E-state index in [0.29, 0.717) is 38.5 Å². The maximum absolute atomic E-state index is 13.3. The number of aliphatic hydroxyl groups is 1. The van der Waals surface area contributed by atoms with Gasteiger partial charge in [-0.05, 0) is 55.0 Å². The molecule has 34 heavy (non-hydrogen) atoms. The minimum atomic E-state index is -2.45. The molecule has 1 heterocycles. The summed E-state index contributed by atoms with van der Waals surface area (Å²) in [6, 6.07) is 11.1. The second-order valence-electron chi connectivity index (χ2n) is 7.30. The molecule has 0 bridgehead atoms. The van der Waals surface area contributed by atoms with E-state index >= 15 is 0 Å². The summed E-state index contributed by atoms with van der Waals surface area (Å²) in [5.74, 6) is -4.72. The number of carboxylic acids is 2. The van der Waals surface area contributed by atoms with E-state index in [1.54, 1.807) is 49.4 Å². The van der Waals surface area contributed by atoms with Gasteiger partial charge < -0.3 is 24.8 Å². The summed E-state index contributed by atoms with van der Waals surface area (Å²) in [7, 11) is 1.45. The molecule has 11 heteroatoms. The molecule has 3 rings (SSSR count). The molecule has 0 aliphatic rings. The van der Waals surface area contributed by atoms with Crippen molar-refractivity contribution in [3.8, 4) is 5.75 Å². The maximum atomic E-state index is 13.3. The van der Waals surface area contributed by atoms with Gasteiger partial charge in [0.1, 0.15) is 5.75 Å². The van der Waals surface area contributed by atoms with Gasteiger partial charge in [-0.15, -0.1) is 0 Å². The van der Waals surface area contributed by atoms with Gasteiger partial charge in [-0.1, -0.05) is 11.6 Å². The number of carboxylic acid groups (broad SMARTS) is 2. The van der Waals surface area contributed by atoms with Crippen molar-refractivity contribution in [3.05, 3.63) is 64.3 Å². The molecule has 1 aromatic heterocycles. The standard InChI is InChI=1S/C23H20ClNO9/c1-11-15(10-18(26)34-20(23(31)32)19(27)22(29)30)16-9-14(33-2)7-8-17(16)25(11)21(28)12-3-5-13(24)6-4-12/h3-9,19-20,27H,10H2,1-2H3,(H,29,30)(H,31,32)/t19-,20-/m1/s1. The number of esters is 1. The SMILES string of the molecule is COc1ccc2c(c1)c(CC(=O)O[C@@H](C(=O)O)[C@@H](O)C(=O)O)c(C)n2C(=O)c1ccc(Cl)cc1. The summed E-state index contributed by atoms with van der Waals surface area (Å²) in [5, 5.41) is 28.5. The number of carbonyl (C=O) groups excluding carboxylic acids is 2. The monoisotopic (exact) mass is 489 g/mol. The zero-order valence-corrected chi connectivity index (χ0v) is 18.8. The highest BCUT2D eigenvalue weighted by Gasteiger charge is 2.36. The number of aliphatic carboxylic acids is 2. The van der Waals surface area contributed by atoms with Crippen LogP contribution in [0.3, 0.4) is 0 Å². The topological polar surface area (TPSA) is 152 Å². The van der Waals surface area contributed by atoms with Gasteiger partial charge in [-0.25, -0.2) is 9.59 Å². The summed E-state index contributed by atoms with van der Waals surface area (Å²) in [6.45, 7) is 1.60. The number of halogens is 1. The predicted octanol–water partition coefficient (Wildman–Crippen LogP) is 2.28. The fourth-order valence-corrected chi connectivity index (χ4v) is 3.63. The number of hydrogen-bond donors (Lipinski definition) is 3. The largest absolute Gasteiger partial charge is 0.497 e. The Balaban J connectivity index is 2.05. The average molecular weight is 490 g/mol. The molecular weight excluding hydrogens is 470 g/mol. The van der Waals surface area contributed by atoms with Crippen LogP contribution in [0.4, 0.5) is 0 Å². The van der Waals surface area contributed by atoms with Crippen molar-refractivity contribution in [2.75, 3.05) is 7.11 Å². The second kappa shape index (κ2) is 9.94. The molecule has 0 spiro atoms. The number of fused-ring (bicyclic) bond motifs is 1. The van der Waals surface area contributed by atoms with Crippen LogP contribution in [-0.2, 0) is 25.5 Å². The van der Waals surface area contributed by atoms with E-state index in [0.717, 1.165) is 0 Å². The molecule has 0 aliphatic heterocycles. The van der Waals surface area contributed by atoms with Gasteiger partial charge >= 0.3 is 17.9 Å². The fraction of sp³-hybridized carbons (Fsp3) is 0.217. The highest BCUT2D eigenvalue weighted by Crippen LogP contribution is 2.31. The number of hydrogen-bond acceptors (Lipinski definition) is 7. The van der Waals surface area contributed by atoms with E-state index in [9.17, 15) is 24.3 Å². The summed E-state index contributed by atoms with van der Waals surface area (Å²) in [6.07, 6.45) is -5.24. The number of rotatable bonds is 8. The average Bonchev–Trinajstić information content (AvgIpc) is 3.07. The van der Waals surface area contributed by atoms with Crippen molar-refractivity contribution >= 4 is 46.3 Å². The van der Waals surface area contributed by atoms with E-state index in [1.165, 1.54) is 11.7 Å². The Hall–Kier alpha value is -3.89. The highest BCUT2D eigenvalue weighted by molar-refractivity contribution is 6.30. The van der Waals surface area contributed by atoms with Gasteiger partial charge in [0.05, 0.1) is 19.0 Å². The third kappa shape index (κ3) is 4.87. The first-order valence-corrected chi connectivity index (χ1v) is 10.2. The number of methoxy groups -OCH3 is 1. The fourth-order valence-electron chi connectivity index (χ4n) is 3.50. The zero-order chi connectivity index (χ0) is 25.2.